The molecule has 1 amide bonds. The molecule has 1 fully saturated rings. The molecule has 0 radical (unpaired) electrons. The van der Waals surface area contributed by atoms with Crippen molar-refractivity contribution in [3.05, 3.63) is 0 Å². The first kappa shape index (κ1) is 9.48. The van der Waals surface area contributed by atoms with Gasteiger partial charge in [0.25, 0.3) is 0 Å². The summed E-state index contributed by atoms with van der Waals surface area (Å²) in [6.07, 6.45) is 0.898. The molecule has 1 aliphatic rings. The van der Waals surface area contributed by atoms with Crippen molar-refractivity contribution in [3.63, 3.8) is 0 Å². The number of aliphatic hydroxyl groups is 1. The molecule has 4 heteroatoms. The second-order valence-electron chi connectivity index (χ2n) is 3.41. The summed E-state index contributed by atoms with van der Waals surface area (Å²) in [5, 5.41) is 8.83. The molecule has 0 aromatic carbocycles. The molecular weight excluding hydrogens is 156 g/mol. The van der Waals surface area contributed by atoms with E-state index in [9.17, 15) is 4.79 Å². The van der Waals surface area contributed by atoms with E-state index in [0.29, 0.717) is 6.54 Å². The molecule has 1 heterocycles. The third-order valence-corrected chi connectivity index (χ3v) is 2.25. The summed E-state index contributed by atoms with van der Waals surface area (Å²) >= 11 is 0. The molecule has 2 unspecified atom stereocenters. The van der Waals surface area contributed by atoms with Crippen molar-refractivity contribution in [1.82, 2.24) is 4.90 Å². The van der Waals surface area contributed by atoms with E-state index >= 15 is 0 Å². The van der Waals surface area contributed by atoms with E-state index in [1.54, 1.807) is 11.8 Å². The average molecular weight is 172 g/mol. The summed E-state index contributed by atoms with van der Waals surface area (Å²) in [5.74, 6) is 0.249. The zero-order chi connectivity index (χ0) is 9.14. The Morgan fingerprint density at radius 2 is 2.50 bits per heavy atom. The summed E-state index contributed by atoms with van der Waals surface area (Å²) in [7, 11) is 0. The smallest absolute Gasteiger partial charge is 0.239 e. The Labute approximate surface area is 72.3 Å². The molecular formula is C8H16N2O2. The Kier molecular flexibility index (Phi) is 3.05. The van der Waals surface area contributed by atoms with Crippen LogP contribution in [0.4, 0.5) is 0 Å². The lowest BCUT2D eigenvalue weighted by atomic mass is 10.1. The van der Waals surface area contributed by atoms with E-state index in [4.69, 9.17) is 10.8 Å². The summed E-state index contributed by atoms with van der Waals surface area (Å²) in [5.41, 5.74) is 5.45. The Morgan fingerprint density at radius 3 is 2.92 bits per heavy atom. The molecule has 12 heavy (non-hydrogen) atoms. The topological polar surface area (TPSA) is 66.6 Å². The van der Waals surface area contributed by atoms with Gasteiger partial charge in [0.1, 0.15) is 0 Å². The maximum absolute atomic E-state index is 11.3. The van der Waals surface area contributed by atoms with Crippen molar-refractivity contribution in [1.29, 1.82) is 0 Å². The van der Waals surface area contributed by atoms with Crippen molar-refractivity contribution >= 4 is 5.91 Å². The van der Waals surface area contributed by atoms with Crippen LogP contribution in [0.15, 0.2) is 0 Å². The molecule has 4 nitrogen and oxygen atoms in total. The second kappa shape index (κ2) is 3.87. The van der Waals surface area contributed by atoms with E-state index in [1.165, 1.54) is 0 Å². The highest BCUT2D eigenvalue weighted by Crippen LogP contribution is 2.15. The fourth-order valence-corrected chi connectivity index (χ4v) is 1.47. The summed E-state index contributed by atoms with van der Waals surface area (Å²) in [6.45, 7) is 3.26. The number of nitrogens with zero attached hydrogens (tertiary/aromatic N) is 1. The highest BCUT2D eigenvalue weighted by atomic mass is 16.3. The predicted octanol–water partition coefficient (Wildman–Crippen LogP) is -0.826. The first-order valence-corrected chi connectivity index (χ1v) is 4.30. The maximum Gasteiger partial charge on any atom is 0.239 e. The summed E-state index contributed by atoms with van der Waals surface area (Å²) < 4.78 is 0. The van der Waals surface area contributed by atoms with Crippen molar-refractivity contribution in [2.75, 3.05) is 19.7 Å². The molecule has 3 N–H and O–H groups in total. The van der Waals surface area contributed by atoms with Gasteiger partial charge in [0.2, 0.25) is 5.91 Å². The lowest BCUT2D eigenvalue weighted by molar-refractivity contribution is -0.131. The molecule has 1 rings (SSSR count). The van der Waals surface area contributed by atoms with E-state index in [2.05, 4.69) is 0 Å². The fourth-order valence-electron chi connectivity index (χ4n) is 1.47. The normalized spacial score (nSPS) is 25.9. The van der Waals surface area contributed by atoms with Crippen molar-refractivity contribution in [3.8, 4) is 0 Å². The Hall–Kier alpha value is -0.610. The number of carbonyl (C=O) groups is 1. The van der Waals surface area contributed by atoms with E-state index in [1.807, 2.05) is 0 Å². The molecule has 1 saturated heterocycles. The molecule has 0 aliphatic carbocycles. The highest BCUT2D eigenvalue weighted by molar-refractivity contribution is 5.81. The lowest BCUT2D eigenvalue weighted by Crippen LogP contribution is -2.40. The minimum atomic E-state index is -0.414. The number of amides is 1. The van der Waals surface area contributed by atoms with Crippen LogP contribution in [0.2, 0.25) is 0 Å². The molecule has 0 saturated carbocycles. The molecule has 70 valence electrons. The quantitative estimate of drug-likeness (QED) is 0.571. The van der Waals surface area contributed by atoms with Gasteiger partial charge < -0.3 is 15.7 Å². The number of aliphatic hydroxyl groups excluding tert-OH is 1. The minimum Gasteiger partial charge on any atom is -0.396 e. The largest absolute Gasteiger partial charge is 0.396 e. The number of hydrogen-bond donors (Lipinski definition) is 2. The number of nitrogens with two attached hydrogens (primary N) is 1. The van der Waals surface area contributed by atoms with Gasteiger partial charge in [-0.25, -0.2) is 0 Å². The van der Waals surface area contributed by atoms with Gasteiger partial charge in [-0.3, -0.25) is 4.79 Å². The van der Waals surface area contributed by atoms with Gasteiger partial charge in [-0.2, -0.15) is 0 Å². The van der Waals surface area contributed by atoms with Crippen LogP contribution in [0.5, 0.6) is 0 Å². The predicted molar refractivity (Wildman–Crippen MR) is 45.4 cm³/mol. The maximum atomic E-state index is 11.3. The van der Waals surface area contributed by atoms with Crippen LogP contribution < -0.4 is 5.73 Å². The van der Waals surface area contributed by atoms with Crippen LogP contribution in [-0.4, -0.2) is 41.7 Å². The SMILES string of the molecule is CC(N)C(=O)N1CCC(CO)C1. The number of likely N-dealkylation sites (tertiary alicyclic amines) is 1. The lowest BCUT2D eigenvalue weighted by Gasteiger charge is -2.18. The van der Waals surface area contributed by atoms with Gasteiger partial charge in [-0.15, -0.1) is 0 Å². The van der Waals surface area contributed by atoms with Crippen molar-refractivity contribution in [2.45, 2.75) is 19.4 Å². The van der Waals surface area contributed by atoms with Crippen LogP contribution in [0.25, 0.3) is 0 Å². The van der Waals surface area contributed by atoms with E-state index < -0.39 is 6.04 Å². The number of hydrogen-bond acceptors (Lipinski definition) is 3. The minimum absolute atomic E-state index is 0.00838. The molecule has 0 aromatic rings. The summed E-state index contributed by atoms with van der Waals surface area (Å²) in [4.78, 5) is 13.1. The third kappa shape index (κ3) is 1.95. The van der Waals surface area contributed by atoms with Gasteiger partial charge in [0.05, 0.1) is 6.04 Å². The Bertz CT molecular complexity index is 170. The van der Waals surface area contributed by atoms with Crippen LogP contribution in [-0.2, 0) is 4.79 Å². The fraction of sp³-hybridized carbons (Fsp3) is 0.875. The molecule has 0 bridgehead atoms. The second-order valence-corrected chi connectivity index (χ2v) is 3.41. The van der Waals surface area contributed by atoms with Gasteiger partial charge in [0, 0.05) is 25.6 Å². The Morgan fingerprint density at radius 1 is 1.83 bits per heavy atom. The monoisotopic (exact) mass is 172 g/mol. The third-order valence-electron chi connectivity index (χ3n) is 2.25. The van der Waals surface area contributed by atoms with E-state index in [-0.39, 0.29) is 18.4 Å². The molecule has 2 atom stereocenters. The highest BCUT2D eigenvalue weighted by Gasteiger charge is 2.26. The van der Waals surface area contributed by atoms with Gasteiger partial charge >= 0.3 is 0 Å². The first-order chi connectivity index (χ1) is 5.65. The van der Waals surface area contributed by atoms with E-state index in [0.717, 1.165) is 13.0 Å². The number of rotatable bonds is 2. The molecule has 0 aromatic heterocycles. The Balaban J connectivity index is 2.41. The zero-order valence-corrected chi connectivity index (χ0v) is 7.36. The van der Waals surface area contributed by atoms with Gasteiger partial charge in [-0.05, 0) is 13.3 Å². The van der Waals surface area contributed by atoms with Gasteiger partial charge in [-0.1, -0.05) is 0 Å². The van der Waals surface area contributed by atoms with Crippen LogP contribution in [0.3, 0.4) is 0 Å². The van der Waals surface area contributed by atoms with Crippen LogP contribution >= 0.6 is 0 Å². The van der Waals surface area contributed by atoms with Crippen LogP contribution in [0.1, 0.15) is 13.3 Å². The zero-order valence-electron chi connectivity index (χ0n) is 7.36. The standard InChI is InChI=1S/C8H16N2O2/c1-6(9)8(12)10-3-2-7(4-10)5-11/h6-7,11H,2-5,9H2,1H3. The first-order valence-electron chi connectivity index (χ1n) is 4.30. The van der Waals surface area contributed by atoms with Crippen LogP contribution in [0, 0.1) is 5.92 Å². The van der Waals surface area contributed by atoms with Gasteiger partial charge in [0.15, 0.2) is 0 Å². The van der Waals surface area contributed by atoms with Crippen molar-refractivity contribution < 1.29 is 9.90 Å². The molecule has 1 aliphatic heterocycles. The number of carbonyl (C=O) groups excluding carboxylic acids is 1. The molecule has 0 spiro atoms. The van der Waals surface area contributed by atoms with Crippen molar-refractivity contribution in [2.24, 2.45) is 11.7 Å². The summed E-state index contributed by atoms with van der Waals surface area (Å²) in [6, 6.07) is -0.414. The average Bonchev–Trinajstić information content (AvgIpc) is 2.50.